The number of carbonyl (C=O) groups excluding carboxylic acids is 2. The number of carbonyl (C=O) groups is 2. The summed E-state index contributed by atoms with van der Waals surface area (Å²) in [5, 5.41) is 0. The second-order valence-corrected chi connectivity index (χ2v) is 7.11. The van der Waals surface area contributed by atoms with Crippen molar-refractivity contribution in [1.29, 1.82) is 0 Å². The molecule has 1 aromatic heterocycles. The zero-order chi connectivity index (χ0) is 21.7. The Morgan fingerprint density at radius 1 is 1.10 bits per heavy atom. The predicted octanol–water partition coefficient (Wildman–Crippen LogP) is 3.27. The van der Waals surface area contributed by atoms with E-state index in [9.17, 15) is 9.59 Å². The van der Waals surface area contributed by atoms with Crippen molar-refractivity contribution >= 4 is 33.4 Å². The van der Waals surface area contributed by atoms with Gasteiger partial charge in [-0.05, 0) is 37.3 Å². The van der Waals surface area contributed by atoms with E-state index in [1.807, 2.05) is 0 Å². The van der Waals surface area contributed by atoms with E-state index in [-0.39, 0.29) is 13.2 Å². The highest BCUT2D eigenvalue weighted by molar-refractivity contribution is 7.16. The Morgan fingerprint density at radius 2 is 1.80 bits per heavy atom. The molecule has 3 aromatic rings. The minimum Gasteiger partial charge on any atom is -0.497 e. The quantitative estimate of drug-likeness (QED) is 0.448. The van der Waals surface area contributed by atoms with Gasteiger partial charge in [0.05, 0.1) is 43.2 Å². The smallest absolute Gasteiger partial charge is 0.338 e. The second kappa shape index (κ2) is 9.29. The van der Waals surface area contributed by atoms with Crippen molar-refractivity contribution in [3.8, 4) is 23.8 Å². The molecule has 0 aliphatic heterocycles. The molecule has 3 rings (SSSR count). The normalized spacial score (nSPS) is 11.2. The Kier molecular flexibility index (Phi) is 6.54. The van der Waals surface area contributed by atoms with Crippen LogP contribution in [0.1, 0.15) is 27.6 Å². The van der Waals surface area contributed by atoms with Crippen molar-refractivity contribution < 1.29 is 23.8 Å². The van der Waals surface area contributed by atoms with Crippen molar-refractivity contribution in [3.05, 3.63) is 52.3 Å². The van der Waals surface area contributed by atoms with Crippen LogP contribution in [0.2, 0.25) is 0 Å². The lowest BCUT2D eigenvalue weighted by Crippen LogP contribution is -2.16. The zero-order valence-corrected chi connectivity index (χ0v) is 17.6. The molecular weight excluding hydrogens is 404 g/mol. The molecule has 0 fully saturated rings. The van der Waals surface area contributed by atoms with Gasteiger partial charge >= 0.3 is 5.97 Å². The minimum absolute atomic E-state index is 0.228. The van der Waals surface area contributed by atoms with Crippen molar-refractivity contribution in [2.75, 3.05) is 20.8 Å². The molecular formula is C22H20N2O5S. The zero-order valence-electron chi connectivity index (χ0n) is 16.8. The Morgan fingerprint density at radius 3 is 2.40 bits per heavy atom. The number of rotatable bonds is 6. The SMILES string of the molecule is C#CCn1c(=NC(=O)c2cc(OC)cc(OC)c2)sc2cc(C(=O)OCC)ccc21. The first-order chi connectivity index (χ1) is 14.5. The number of hydrogen-bond acceptors (Lipinski definition) is 6. The summed E-state index contributed by atoms with van der Waals surface area (Å²) in [5.41, 5.74) is 1.53. The Labute approximate surface area is 177 Å². The lowest BCUT2D eigenvalue weighted by molar-refractivity contribution is 0.0526. The fraction of sp³-hybridized carbons (Fsp3) is 0.227. The molecule has 0 bridgehead atoms. The molecule has 154 valence electrons. The van der Waals surface area contributed by atoms with Crippen molar-refractivity contribution in [2.45, 2.75) is 13.5 Å². The molecule has 0 aliphatic carbocycles. The highest BCUT2D eigenvalue weighted by atomic mass is 32.1. The molecule has 0 spiro atoms. The van der Waals surface area contributed by atoms with Crippen LogP contribution in [0.15, 0.2) is 41.4 Å². The van der Waals surface area contributed by atoms with Gasteiger partial charge in [-0.15, -0.1) is 6.42 Å². The number of esters is 1. The summed E-state index contributed by atoms with van der Waals surface area (Å²) in [6, 6.07) is 10.00. The number of hydrogen-bond donors (Lipinski definition) is 0. The van der Waals surface area contributed by atoms with E-state index in [1.54, 1.807) is 47.9 Å². The van der Waals surface area contributed by atoms with E-state index < -0.39 is 11.9 Å². The van der Waals surface area contributed by atoms with Crippen molar-refractivity contribution in [1.82, 2.24) is 4.57 Å². The number of benzene rings is 2. The summed E-state index contributed by atoms with van der Waals surface area (Å²) in [6.07, 6.45) is 5.52. The van der Waals surface area contributed by atoms with Crippen LogP contribution in [0.4, 0.5) is 0 Å². The third kappa shape index (κ3) is 4.36. The predicted molar refractivity (Wildman–Crippen MR) is 114 cm³/mol. The first-order valence-electron chi connectivity index (χ1n) is 9.06. The van der Waals surface area contributed by atoms with Gasteiger partial charge in [-0.1, -0.05) is 17.3 Å². The topological polar surface area (TPSA) is 79.1 Å². The molecule has 0 saturated carbocycles. The van der Waals surface area contributed by atoms with Gasteiger partial charge in [-0.25, -0.2) is 4.79 Å². The molecule has 0 N–H and O–H groups in total. The number of fused-ring (bicyclic) bond motifs is 1. The first-order valence-corrected chi connectivity index (χ1v) is 9.88. The van der Waals surface area contributed by atoms with Crippen LogP contribution in [0.3, 0.4) is 0 Å². The average Bonchev–Trinajstić information content (AvgIpc) is 3.09. The van der Waals surface area contributed by atoms with Crippen LogP contribution in [0.25, 0.3) is 10.2 Å². The van der Waals surface area contributed by atoms with Crippen LogP contribution in [-0.4, -0.2) is 37.3 Å². The molecule has 7 nitrogen and oxygen atoms in total. The molecule has 8 heteroatoms. The van der Waals surface area contributed by atoms with Gasteiger partial charge in [0.1, 0.15) is 11.5 Å². The van der Waals surface area contributed by atoms with E-state index in [4.69, 9.17) is 20.6 Å². The number of nitrogens with zero attached hydrogens (tertiary/aromatic N) is 2. The van der Waals surface area contributed by atoms with Crippen LogP contribution in [0, 0.1) is 12.3 Å². The average molecular weight is 424 g/mol. The van der Waals surface area contributed by atoms with E-state index in [0.29, 0.717) is 27.4 Å². The highest BCUT2D eigenvalue weighted by Crippen LogP contribution is 2.24. The minimum atomic E-state index is -0.463. The van der Waals surface area contributed by atoms with Crippen LogP contribution in [-0.2, 0) is 11.3 Å². The number of ether oxygens (including phenoxy) is 3. The van der Waals surface area contributed by atoms with Crippen LogP contribution in [0.5, 0.6) is 11.5 Å². The molecule has 1 amide bonds. The molecule has 0 atom stereocenters. The van der Waals surface area contributed by atoms with Gasteiger partial charge in [0.25, 0.3) is 5.91 Å². The van der Waals surface area contributed by atoms with E-state index in [2.05, 4.69) is 10.9 Å². The van der Waals surface area contributed by atoms with E-state index in [1.165, 1.54) is 25.6 Å². The second-order valence-electron chi connectivity index (χ2n) is 6.10. The van der Waals surface area contributed by atoms with Gasteiger partial charge in [0.15, 0.2) is 4.80 Å². The standard InChI is InChI=1S/C22H20N2O5S/c1-5-9-24-18-8-7-14(21(26)29-6-2)12-19(18)30-22(24)23-20(25)15-10-16(27-3)13-17(11-15)28-4/h1,7-8,10-13H,6,9H2,2-4H3. The third-order valence-corrected chi connectivity index (χ3v) is 5.28. The fourth-order valence-electron chi connectivity index (χ4n) is 2.83. The Hall–Kier alpha value is -3.57. The molecule has 0 aliphatic rings. The summed E-state index contributed by atoms with van der Waals surface area (Å²) < 4.78 is 18.0. The molecule has 0 radical (unpaired) electrons. The van der Waals surface area contributed by atoms with Crippen molar-refractivity contribution in [3.63, 3.8) is 0 Å². The highest BCUT2D eigenvalue weighted by Gasteiger charge is 2.14. The number of terminal acetylenes is 1. The lowest BCUT2D eigenvalue weighted by Gasteiger charge is -2.06. The van der Waals surface area contributed by atoms with Gasteiger partial charge in [0, 0.05) is 11.6 Å². The molecule has 30 heavy (non-hydrogen) atoms. The maximum Gasteiger partial charge on any atom is 0.338 e. The summed E-state index contributed by atoms with van der Waals surface area (Å²) in [5.74, 6) is 2.68. The third-order valence-electron chi connectivity index (χ3n) is 4.24. The maximum absolute atomic E-state index is 12.8. The maximum atomic E-state index is 12.8. The first kappa shape index (κ1) is 21.1. The molecule has 1 heterocycles. The fourth-order valence-corrected chi connectivity index (χ4v) is 3.89. The molecule has 0 unspecified atom stereocenters. The number of aromatic nitrogens is 1. The monoisotopic (exact) mass is 424 g/mol. The largest absolute Gasteiger partial charge is 0.497 e. The Balaban J connectivity index is 2.11. The van der Waals surface area contributed by atoms with Gasteiger partial charge in [-0.3, -0.25) is 4.79 Å². The van der Waals surface area contributed by atoms with Gasteiger partial charge in [-0.2, -0.15) is 4.99 Å². The Bertz CT molecular complexity index is 1190. The van der Waals surface area contributed by atoms with E-state index >= 15 is 0 Å². The van der Waals surface area contributed by atoms with Gasteiger partial charge in [0.2, 0.25) is 0 Å². The molecule has 0 saturated heterocycles. The number of thiazole rings is 1. The lowest BCUT2D eigenvalue weighted by atomic mass is 10.2. The van der Waals surface area contributed by atoms with E-state index in [0.717, 1.165) is 10.2 Å². The summed E-state index contributed by atoms with van der Waals surface area (Å²) in [6.45, 7) is 2.27. The number of amides is 1. The number of methoxy groups -OCH3 is 2. The van der Waals surface area contributed by atoms with Gasteiger partial charge < -0.3 is 18.8 Å². The molecule has 2 aromatic carbocycles. The van der Waals surface area contributed by atoms with Crippen molar-refractivity contribution in [2.24, 2.45) is 4.99 Å². The summed E-state index contributed by atoms with van der Waals surface area (Å²) in [7, 11) is 3.02. The van der Waals surface area contributed by atoms with Crippen LogP contribution < -0.4 is 14.3 Å². The van der Waals surface area contributed by atoms with Crippen LogP contribution >= 0.6 is 11.3 Å². The summed E-state index contributed by atoms with van der Waals surface area (Å²) >= 11 is 1.27. The summed E-state index contributed by atoms with van der Waals surface area (Å²) in [4.78, 5) is 29.6.